The first-order valence-electron chi connectivity index (χ1n) is 12.8. The van der Waals surface area contributed by atoms with Crippen molar-refractivity contribution < 1.29 is 14.3 Å². The van der Waals surface area contributed by atoms with E-state index in [1.54, 1.807) is 0 Å². The highest BCUT2D eigenvalue weighted by molar-refractivity contribution is 5.84. The molecule has 3 unspecified atom stereocenters. The van der Waals surface area contributed by atoms with Gasteiger partial charge in [-0.2, -0.15) is 0 Å². The van der Waals surface area contributed by atoms with Crippen LogP contribution in [0.3, 0.4) is 0 Å². The van der Waals surface area contributed by atoms with Gasteiger partial charge < -0.3 is 9.47 Å². The van der Waals surface area contributed by atoms with Gasteiger partial charge in [0, 0.05) is 6.54 Å². The molecule has 5 rings (SSSR count). The smallest absolute Gasteiger partial charge is 0.309 e. The molecule has 1 aliphatic heterocycles. The van der Waals surface area contributed by atoms with Gasteiger partial charge in [-0.15, -0.1) is 0 Å². The Morgan fingerprint density at radius 3 is 2.56 bits per heavy atom. The fourth-order valence-electron chi connectivity index (χ4n) is 6.25. The first kappa shape index (κ1) is 21.8. The highest BCUT2D eigenvalue weighted by atomic mass is 16.5. The van der Waals surface area contributed by atoms with Crippen LogP contribution in [0.1, 0.15) is 63.9 Å². The van der Waals surface area contributed by atoms with Crippen LogP contribution in [-0.4, -0.2) is 36.7 Å². The number of nitrogens with zero attached hydrogens (tertiary/aromatic N) is 1. The number of hydrogen-bond donors (Lipinski definition) is 0. The largest absolute Gasteiger partial charge is 0.490 e. The fraction of sp³-hybridized carbons (Fsp3) is 0.607. The molecule has 2 saturated carbocycles. The summed E-state index contributed by atoms with van der Waals surface area (Å²) in [5.74, 6) is 2.95. The third-order valence-corrected chi connectivity index (χ3v) is 8.03. The van der Waals surface area contributed by atoms with Crippen molar-refractivity contribution in [2.75, 3.05) is 19.7 Å². The summed E-state index contributed by atoms with van der Waals surface area (Å²) in [4.78, 5) is 14.4. The number of rotatable bonds is 6. The highest BCUT2D eigenvalue weighted by Crippen LogP contribution is 2.43. The van der Waals surface area contributed by atoms with Crippen molar-refractivity contribution in [2.24, 2.45) is 17.8 Å². The lowest BCUT2D eigenvalue weighted by Crippen LogP contribution is -2.36. The van der Waals surface area contributed by atoms with Gasteiger partial charge in [0.05, 0.1) is 18.6 Å². The van der Waals surface area contributed by atoms with Gasteiger partial charge in [0.1, 0.15) is 5.75 Å². The zero-order chi connectivity index (χ0) is 21.9. The predicted molar refractivity (Wildman–Crippen MR) is 128 cm³/mol. The standard InChI is InChI=1S/C28H37NO3/c1-2-31-28(30)22-12-14-29(15-13-22)19-20-6-7-25-18-27(11-9-24(25)16-20)32-26-10-8-21-4-3-5-23(21)17-26/h6-7,9,11,16,18,21-23,26H,2-5,8,10,12-15,17,19H2,1H3. The lowest BCUT2D eigenvalue weighted by molar-refractivity contribution is -0.149. The number of benzene rings is 2. The van der Waals surface area contributed by atoms with Crippen LogP contribution < -0.4 is 4.74 Å². The second kappa shape index (κ2) is 9.82. The first-order valence-corrected chi connectivity index (χ1v) is 12.8. The molecule has 0 radical (unpaired) electrons. The van der Waals surface area contributed by atoms with Crippen LogP contribution in [0.4, 0.5) is 0 Å². The maximum atomic E-state index is 12.0. The van der Waals surface area contributed by atoms with Crippen LogP contribution in [0.2, 0.25) is 0 Å². The Hall–Kier alpha value is -2.07. The van der Waals surface area contributed by atoms with E-state index in [1.165, 1.54) is 54.9 Å². The van der Waals surface area contributed by atoms with Gasteiger partial charge >= 0.3 is 5.97 Å². The topological polar surface area (TPSA) is 38.8 Å². The Morgan fingerprint density at radius 1 is 0.938 bits per heavy atom. The molecule has 1 heterocycles. The van der Waals surface area contributed by atoms with E-state index in [0.29, 0.717) is 12.7 Å². The van der Waals surface area contributed by atoms with E-state index in [0.717, 1.165) is 50.1 Å². The molecule has 0 amide bonds. The zero-order valence-corrected chi connectivity index (χ0v) is 19.4. The van der Waals surface area contributed by atoms with E-state index in [2.05, 4.69) is 41.3 Å². The summed E-state index contributed by atoms with van der Waals surface area (Å²) in [7, 11) is 0. The minimum atomic E-state index is -0.0211. The molecule has 0 aromatic heterocycles. The van der Waals surface area contributed by atoms with Crippen molar-refractivity contribution in [3.05, 3.63) is 42.0 Å². The second-order valence-electron chi connectivity index (χ2n) is 10.1. The van der Waals surface area contributed by atoms with E-state index >= 15 is 0 Å². The molecular weight excluding hydrogens is 398 g/mol. The van der Waals surface area contributed by atoms with E-state index in [4.69, 9.17) is 9.47 Å². The minimum absolute atomic E-state index is 0.0211. The molecule has 0 bridgehead atoms. The maximum absolute atomic E-state index is 12.0. The van der Waals surface area contributed by atoms with Crippen LogP contribution in [0.25, 0.3) is 10.8 Å². The van der Waals surface area contributed by atoms with Crippen LogP contribution in [-0.2, 0) is 16.1 Å². The van der Waals surface area contributed by atoms with Crippen LogP contribution >= 0.6 is 0 Å². The molecule has 3 fully saturated rings. The van der Waals surface area contributed by atoms with Crippen molar-refractivity contribution in [2.45, 2.75) is 70.9 Å². The zero-order valence-electron chi connectivity index (χ0n) is 19.4. The Balaban J connectivity index is 1.17. The monoisotopic (exact) mass is 435 g/mol. The molecule has 1 saturated heterocycles. The van der Waals surface area contributed by atoms with Gasteiger partial charge in [-0.05, 0) is 98.5 Å². The van der Waals surface area contributed by atoms with Crippen LogP contribution in [0.5, 0.6) is 5.75 Å². The van der Waals surface area contributed by atoms with E-state index in [-0.39, 0.29) is 11.9 Å². The number of carbonyl (C=O) groups excluding carboxylic acids is 1. The van der Waals surface area contributed by atoms with Crippen molar-refractivity contribution in [3.8, 4) is 5.75 Å². The summed E-state index contributed by atoms with van der Waals surface area (Å²) in [5.41, 5.74) is 1.33. The average molecular weight is 436 g/mol. The van der Waals surface area contributed by atoms with Crippen molar-refractivity contribution in [3.63, 3.8) is 0 Å². The first-order chi connectivity index (χ1) is 15.7. The van der Waals surface area contributed by atoms with Gasteiger partial charge in [0.15, 0.2) is 0 Å². The van der Waals surface area contributed by atoms with Gasteiger partial charge in [-0.25, -0.2) is 0 Å². The Kier molecular flexibility index (Phi) is 6.68. The molecular formula is C28H37NO3. The number of hydrogen-bond acceptors (Lipinski definition) is 4. The fourth-order valence-corrected chi connectivity index (χ4v) is 6.25. The summed E-state index contributed by atoms with van der Waals surface area (Å²) >= 11 is 0. The Labute approximate surface area is 192 Å². The summed E-state index contributed by atoms with van der Waals surface area (Å²) in [6.45, 7) is 5.20. The quantitative estimate of drug-likeness (QED) is 0.525. The second-order valence-corrected chi connectivity index (χ2v) is 10.1. The average Bonchev–Trinajstić information content (AvgIpc) is 3.28. The van der Waals surface area contributed by atoms with Gasteiger partial charge in [-0.1, -0.05) is 37.5 Å². The molecule has 0 N–H and O–H groups in total. The number of likely N-dealkylation sites (tertiary alicyclic amines) is 1. The lowest BCUT2D eigenvalue weighted by atomic mass is 9.80. The molecule has 4 nitrogen and oxygen atoms in total. The molecule has 2 aliphatic carbocycles. The molecule has 2 aromatic rings. The van der Waals surface area contributed by atoms with Crippen LogP contribution in [0.15, 0.2) is 36.4 Å². The van der Waals surface area contributed by atoms with E-state index < -0.39 is 0 Å². The van der Waals surface area contributed by atoms with Gasteiger partial charge in [0.25, 0.3) is 0 Å². The minimum Gasteiger partial charge on any atom is -0.490 e. The molecule has 172 valence electrons. The van der Waals surface area contributed by atoms with E-state index in [1.807, 2.05) is 6.92 Å². The molecule has 3 atom stereocenters. The number of esters is 1. The van der Waals surface area contributed by atoms with Gasteiger partial charge in [0.2, 0.25) is 0 Å². The van der Waals surface area contributed by atoms with Gasteiger partial charge in [-0.3, -0.25) is 9.69 Å². The summed E-state index contributed by atoms with van der Waals surface area (Å²) in [6.07, 6.45) is 10.3. The van der Waals surface area contributed by atoms with Crippen molar-refractivity contribution in [1.29, 1.82) is 0 Å². The number of piperidine rings is 1. The molecule has 4 heteroatoms. The Morgan fingerprint density at radius 2 is 1.72 bits per heavy atom. The van der Waals surface area contributed by atoms with Crippen molar-refractivity contribution in [1.82, 2.24) is 4.90 Å². The molecule has 3 aliphatic rings. The van der Waals surface area contributed by atoms with Crippen LogP contribution in [0, 0.1) is 17.8 Å². The predicted octanol–water partition coefficient (Wildman–Crippen LogP) is 5.96. The third kappa shape index (κ3) is 4.96. The van der Waals surface area contributed by atoms with Crippen molar-refractivity contribution >= 4 is 16.7 Å². The number of ether oxygens (including phenoxy) is 2. The Bertz CT molecular complexity index is 933. The summed E-state index contributed by atoms with van der Waals surface area (Å²) in [5, 5.41) is 2.53. The SMILES string of the molecule is CCOC(=O)C1CCN(Cc2ccc3cc(OC4CCC5CCCC5C4)ccc3c2)CC1. The third-order valence-electron chi connectivity index (χ3n) is 8.03. The normalized spacial score (nSPS) is 26.7. The molecule has 32 heavy (non-hydrogen) atoms. The number of carbonyl (C=O) groups is 1. The number of fused-ring (bicyclic) bond motifs is 2. The van der Waals surface area contributed by atoms with E-state index in [9.17, 15) is 4.79 Å². The summed E-state index contributed by atoms with van der Waals surface area (Å²) in [6, 6.07) is 13.4. The lowest BCUT2D eigenvalue weighted by Gasteiger charge is -2.32. The molecule has 2 aromatic carbocycles. The highest BCUT2D eigenvalue weighted by Gasteiger charge is 2.34. The molecule has 0 spiro atoms. The maximum Gasteiger partial charge on any atom is 0.309 e. The summed E-state index contributed by atoms with van der Waals surface area (Å²) < 4.78 is 11.6.